The van der Waals surface area contributed by atoms with Gasteiger partial charge in [0.25, 0.3) is 0 Å². The summed E-state index contributed by atoms with van der Waals surface area (Å²) >= 11 is 0. The molecule has 0 N–H and O–H groups in total. The van der Waals surface area contributed by atoms with Crippen molar-refractivity contribution in [1.82, 2.24) is 9.55 Å². The van der Waals surface area contributed by atoms with Gasteiger partial charge in [0.15, 0.2) is 0 Å². The van der Waals surface area contributed by atoms with Gasteiger partial charge in [-0.1, -0.05) is 0 Å². The Labute approximate surface area is 83.6 Å². The molecule has 1 rings (SSSR count). The number of hydrogen-bond donors (Lipinski definition) is 0. The highest BCUT2D eigenvalue weighted by atomic mass is 16.7. The minimum absolute atomic E-state index is 0.318. The Bertz CT molecular complexity index is 214. The number of aromatic nitrogens is 2. The summed E-state index contributed by atoms with van der Waals surface area (Å²) in [5.41, 5.74) is 0. The Hall–Kier alpha value is -0.910. The maximum absolute atomic E-state index is 5.23. The number of rotatable bonds is 8. The maximum atomic E-state index is 5.23. The zero-order valence-corrected chi connectivity index (χ0v) is 8.39. The summed E-state index contributed by atoms with van der Waals surface area (Å²) in [6.45, 7) is 2.92. The molecular weight excluding hydrogens is 184 g/mol. The average Bonchev–Trinajstić information content (AvgIpc) is 2.69. The van der Waals surface area contributed by atoms with Crippen LogP contribution < -0.4 is 0 Å². The average molecular weight is 200 g/mol. The second-order valence-electron chi connectivity index (χ2n) is 2.73. The lowest BCUT2D eigenvalue weighted by atomic mass is 10.7. The van der Waals surface area contributed by atoms with Gasteiger partial charge in [-0.15, -0.1) is 0 Å². The number of methoxy groups -OCH3 is 1. The molecule has 0 spiro atoms. The van der Waals surface area contributed by atoms with Gasteiger partial charge in [-0.3, -0.25) is 0 Å². The lowest BCUT2D eigenvalue weighted by molar-refractivity contribution is -0.0673. The van der Waals surface area contributed by atoms with E-state index in [0.29, 0.717) is 26.6 Å². The predicted octanol–water partition coefficient (Wildman–Crippen LogP) is 0.520. The lowest BCUT2D eigenvalue weighted by Crippen LogP contribution is -2.09. The number of hydrogen-bond acceptors (Lipinski definition) is 4. The Morgan fingerprint density at radius 1 is 1.21 bits per heavy atom. The van der Waals surface area contributed by atoms with E-state index in [-0.39, 0.29) is 0 Å². The van der Waals surface area contributed by atoms with Crippen LogP contribution in [0.1, 0.15) is 0 Å². The second-order valence-corrected chi connectivity index (χ2v) is 2.73. The molecule has 5 heteroatoms. The van der Waals surface area contributed by atoms with E-state index in [1.807, 2.05) is 10.8 Å². The molecule has 0 aliphatic carbocycles. The third-order valence-electron chi connectivity index (χ3n) is 1.65. The van der Waals surface area contributed by atoms with Crippen LogP contribution in [0, 0.1) is 0 Å². The van der Waals surface area contributed by atoms with Crippen LogP contribution in [0.25, 0.3) is 0 Å². The van der Waals surface area contributed by atoms with Gasteiger partial charge in [0.05, 0.1) is 26.1 Å². The molecule has 0 aromatic carbocycles. The number of nitrogens with zero attached hydrogens (tertiary/aromatic N) is 2. The van der Waals surface area contributed by atoms with E-state index in [4.69, 9.17) is 14.2 Å². The Balaban J connectivity index is 1.85. The van der Waals surface area contributed by atoms with Crippen molar-refractivity contribution in [2.45, 2.75) is 6.54 Å². The first kappa shape index (κ1) is 11.2. The SMILES string of the molecule is COCCOCOCCn1ccnc1. The van der Waals surface area contributed by atoms with Crippen molar-refractivity contribution in [2.75, 3.05) is 33.7 Å². The van der Waals surface area contributed by atoms with Gasteiger partial charge in [-0.05, 0) is 0 Å². The highest BCUT2D eigenvalue weighted by molar-refractivity contribution is 4.73. The van der Waals surface area contributed by atoms with Gasteiger partial charge in [0, 0.05) is 26.0 Å². The molecule has 0 atom stereocenters. The highest BCUT2D eigenvalue weighted by Gasteiger charge is 1.90. The second kappa shape index (κ2) is 7.49. The Morgan fingerprint density at radius 2 is 2.07 bits per heavy atom. The molecule has 80 valence electrons. The van der Waals surface area contributed by atoms with Crippen LogP contribution in [-0.2, 0) is 20.8 Å². The summed E-state index contributed by atoms with van der Waals surface area (Å²) in [5, 5.41) is 0. The van der Waals surface area contributed by atoms with Crippen molar-refractivity contribution in [2.24, 2.45) is 0 Å². The normalized spacial score (nSPS) is 10.6. The fraction of sp³-hybridized carbons (Fsp3) is 0.667. The van der Waals surface area contributed by atoms with Crippen molar-refractivity contribution in [3.63, 3.8) is 0 Å². The molecular formula is C9H16N2O3. The van der Waals surface area contributed by atoms with Crippen LogP contribution in [0.3, 0.4) is 0 Å². The van der Waals surface area contributed by atoms with Gasteiger partial charge in [-0.2, -0.15) is 0 Å². The minimum Gasteiger partial charge on any atom is -0.382 e. The predicted molar refractivity (Wildman–Crippen MR) is 50.9 cm³/mol. The van der Waals surface area contributed by atoms with Crippen LogP contribution in [0.15, 0.2) is 18.7 Å². The molecule has 0 aliphatic rings. The largest absolute Gasteiger partial charge is 0.382 e. The summed E-state index contributed by atoms with van der Waals surface area (Å²) in [5.74, 6) is 0. The van der Waals surface area contributed by atoms with Gasteiger partial charge >= 0.3 is 0 Å². The van der Waals surface area contributed by atoms with E-state index < -0.39 is 0 Å². The molecule has 1 heterocycles. The standard InChI is InChI=1S/C9H16N2O3/c1-12-6-7-14-9-13-5-4-11-3-2-10-8-11/h2-3,8H,4-7,9H2,1H3. The third kappa shape index (κ3) is 4.96. The van der Waals surface area contributed by atoms with E-state index in [9.17, 15) is 0 Å². The molecule has 1 aromatic rings. The van der Waals surface area contributed by atoms with Gasteiger partial charge in [0.1, 0.15) is 6.79 Å². The fourth-order valence-corrected chi connectivity index (χ4v) is 0.908. The summed E-state index contributed by atoms with van der Waals surface area (Å²) in [6.07, 6.45) is 5.40. The summed E-state index contributed by atoms with van der Waals surface area (Å²) in [6, 6.07) is 0. The molecule has 5 nitrogen and oxygen atoms in total. The van der Waals surface area contributed by atoms with Gasteiger partial charge < -0.3 is 18.8 Å². The number of ether oxygens (including phenoxy) is 3. The molecule has 1 aromatic heterocycles. The lowest BCUT2D eigenvalue weighted by Gasteiger charge is -2.05. The van der Waals surface area contributed by atoms with Crippen molar-refractivity contribution in [1.29, 1.82) is 0 Å². The molecule has 0 aliphatic heterocycles. The molecule has 0 amide bonds. The molecule has 0 saturated carbocycles. The van der Waals surface area contributed by atoms with E-state index in [1.54, 1.807) is 19.6 Å². The first-order valence-corrected chi connectivity index (χ1v) is 4.53. The van der Waals surface area contributed by atoms with Crippen molar-refractivity contribution in [3.05, 3.63) is 18.7 Å². The van der Waals surface area contributed by atoms with E-state index >= 15 is 0 Å². The van der Waals surface area contributed by atoms with Gasteiger partial charge in [0.2, 0.25) is 0 Å². The Morgan fingerprint density at radius 3 is 2.79 bits per heavy atom. The fourth-order valence-electron chi connectivity index (χ4n) is 0.908. The molecule has 14 heavy (non-hydrogen) atoms. The minimum atomic E-state index is 0.318. The smallest absolute Gasteiger partial charge is 0.146 e. The van der Waals surface area contributed by atoms with E-state index in [0.717, 1.165) is 6.54 Å². The van der Waals surface area contributed by atoms with E-state index in [2.05, 4.69) is 4.98 Å². The molecule has 0 radical (unpaired) electrons. The molecule has 0 saturated heterocycles. The van der Waals surface area contributed by atoms with Crippen LogP contribution in [-0.4, -0.2) is 43.3 Å². The van der Waals surface area contributed by atoms with Crippen LogP contribution in [0.2, 0.25) is 0 Å². The summed E-state index contributed by atoms with van der Waals surface area (Å²) in [7, 11) is 1.64. The zero-order chi connectivity index (χ0) is 10.1. The Kier molecular flexibility index (Phi) is 5.97. The van der Waals surface area contributed by atoms with Crippen LogP contribution in [0.4, 0.5) is 0 Å². The van der Waals surface area contributed by atoms with Crippen molar-refractivity contribution < 1.29 is 14.2 Å². The first-order valence-electron chi connectivity index (χ1n) is 4.53. The monoisotopic (exact) mass is 200 g/mol. The molecule has 0 bridgehead atoms. The summed E-state index contributed by atoms with van der Waals surface area (Å²) in [4.78, 5) is 3.92. The first-order chi connectivity index (χ1) is 6.93. The van der Waals surface area contributed by atoms with Gasteiger partial charge in [-0.25, -0.2) is 4.98 Å². The number of imidazole rings is 1. The molecule has 0 fully saturated rings. The van der Waals surface area contributed by atoms with Crippen LogP contribution >= 0.6 is 0 Å². The van der Waals surface area contributed by atoms with E-state index in [1.165, 1.54) is 0 Å². The molecule has 0 unspecified atom stereocenters. The quantitative estimate of drug-likeness (QED) is 0.453. The highest BCUT2D eigenvalue weighted by Crippen LogP contribution is 1.87. The zero-order valence-electron chi connectivity index (χ0n) is 8.39. The maximum Gasteiger partial charge on any atom is 0.146 e. The van der Waals surface area contributed by atoms with Crippen molar-refractivity contribution >= 4 is 0 Å². The van der Waals surface area contributed by atoms with Crippen molar-refractivity contribution in [3.8, 4) is 0 Å². The van der Waals surface area contributed by atoms with Crippen LogP contribution in [0.5, 0.6) is 0 Å². The topological polar surface area (TPSA) is 45.5 Å². The summed E-state index contributed by atoms with van der Waals surface area (Å²) < 4.78 is 17.1. The third-order valence-corrected chi connectivity index (χ3v) is 1.65.